The molecule has 0 bridgehead atoms. The van der Waals surface area contributed by atoms with Gasteiger partial charge in [0.1, 0.15) is 10.8 Å². The minimum Gasteiger partial charge on any atom is -0.469 e. The molecule has 2 atom stereocenters. The Kier molecular flexibility index (Phi) is 6.99. The van der Waals surface area contributed by atoms with Crippen molar-refractivity contribution in [3.8, 4) is 11.4 Å². The Bertz CT molecular complexity index is 1240. The van der Waals surface area contributed by atoms with E-state index in [0.29, 0.717) is 34.0 Å². The number of fused-ring (bicyclic) bond motifs is 1. The van der Waals surface area contributed by atoms with Crippen LogP contribution in [0.25, 0.3) is 11.4 Å². The number of thiophene rings is 1. The quantitative estimate of drug-likeness (QED) is 0.434. The fourth-order valence-corrected chi connectivity index (χ4v) is 6.94. The second-order valence-electron chi connectivity index (χ2n) is 9.20. The molecular formula is C24H29N5O4S2. The second-order valence-corrected chi connectivity index (χ2v) is 11.2. The van der Waals surface area contributed by atoms with Crippen LogP contribution in [-0.2, 0) is 28.9 Å². The van der Waals surface area contributed by atoms with Gasteiger partial charge in [0.15, 0.2) is 11.0 Å². The van der Waals surface area contributed by atoms with E-state index in [1.54, 1.807) is 6.26 Å². The van der Waals surface area contributed by atoms with Crippen molar-refractivity contribution in [2.75, 3.05) is 17.7 Å². The molecule has 1 saturated heterocycles. The molecule has 186 valence electrons. The maximum atomic E-state index is 12.9. The average Bonchev–Trinajstić information content (AvgIpc) is 3.59. The number of hydrogen-bond acceptors (Lipinski definition) is 8. The van der Waals surface area contributed by atoms with E-state index in [1.165, 1.54) is 23.1 Å². The first-order valence-corrected chi connectivity index (χ1v) is 13.7. The molecule has 35 heavy (non-hydrogen) atoms. The number of primary amides is 1. The zero-order valence-electron chi connectivity index (χ0n) is 19.8. The molecule has 2 amide bonds. The van der Waals surface area contributed by atoms with Crippen molar-refractivity contribution in [3.63, 3.8) is 0 Å². The molecule has 5 rings (SSSR count). The van der Waals surface area contributed by atoms with Gasteiger partial charge < -0.3 is 20.2 Å². The Morgan fingerprint density at radius 1 is 1.34 bits per heavy atom. The van der Waals surface area contributed by atoms with Gasteiger partial charge in [0, 0.05) is 11.5 Å². The number of nitrogens with zero attached hydrogens (tertiary/aromatic N) is 3. The van der Waals surface area contributed by atoms with Gasteiger partial charge in [-0.05, 0) is 56.6 Å². The molecule has 0 aromatic carbocycles. The molecule has 0 spiro atoms. The lowest BCUT2D eigenvalue weighted by Gasteiger charge is -2.18. The zero-order valence-corrected chi connectivity index (χ0v) is 21.5. The molecule has 2 unspecified atom stereocenters. The third kappa shape index (κ3) is 5.03. The normalized spacial score (nSPS) is 19.6. The topological polar surface area (TPSA) is 125 Å². The molecular weight excluding hydrogens is 486 g/mol. The van der Waals surface area contributed by atoms with Crippen LogP contribution in [-0.4, -0.2) is 45.0 Å². The van der Waals surface area contributed by atoms with Crippen molar-refractivity contribution in [1.82, 2.24) is 14.8 Å². The van der Waals surface area contributed by atoms with Crippen molar-refractivity contribution < 1.29 is 18.7 Å². The van der Waals surface area contributed by atoms with Crippen molar-refractivity contribution in [1.29, 1.82) is 0 Å². The lowest BCUT2D eigenvalue weighted by Crippen LogP contribution is -2.20. The maximum Gasteiger partial charge on any atom is 0.251 e. The van der Waals surface area contributed by atoms with E-state index in [9.17, 15) is 9.59 Å². The summed E-state index contributed by atoms with van der Waals surface area (Å²) in [6.45, 7) is 5.45. The molecule has 0 saturated carbocycles. The van der Waals surface area contributed by atoms with Gasteiger partial charge in [0.25, 0.3) is 5.91 Å². The lowest BCUT2D eigenvalue weighted by molar-refractivity contribution is -0.113. The molecule has 2 aliphatic rings. The first-order valence-electron chi connectivity index (χ1n) is 11.9. The van der Waals surface area contributed by atoms with Crippen molar-refractivity contribution in [2.45, 2.75) is 63.8 Å². The summed E-state index contributed by atoms with van der Waals surface area (Å²) in [5.74, 6) is 1.45. The zero-order chi connectivity index (χ0) is 24.5. The van der Waals surface area contributed by atoms with Crippen LogP contribution in [0.5, 0.6) is 0 Å². The van der Waals surface area contributed by atoms with Crippen molar-refractivity contribution >= 4 is 39.9 Å². The molecule has 1 aliphatic heterocycles. The molecule has 1 fully saturated rings. The third-order valence-electron chi connectivity index (χ3n) is 6.57. The number of thioether (sulfide) groups is 1. The number of anilines is 1. The monoisotopic (exact) mass is 515 g/mol. The fourth-order valence-electron chi connectivity index (χ4n) is 4.76. The average molecular weight is 516 g/mol. The van der Waals surface area contributed by atoms with E-state index in [2.05, 4.69) is 22.4 Å². The Labute approximate surface area is 211 Å². The Balaban J connectivity index is 1.33. The molecule has 0 radical (unpaired) electrons. The number of amides is 2. The molecule has 9 nitrogen and oxygen atoms in total. The number of nitrogens with one attached hydrogen (secondary N) is 1. The summed E-state index contributed by atoms with van der Waals surface area (Å²) >= 11 is 2.78. The predicted octanol–water partition coefficient (Wildman–Crippen LogP) is 4.04. The van der Waals surface area contributed by atoms with Crippen LogP contribution in [0.3, 0.4) is 0 Å². The van der Waals surface area contributed by atoms with Gasteiger partial charge in [-0.15, -0.1) is 21.5 Å². The first-order chi connectivity index (χ1) is 16.9. The molecule has 11 heteroatoms. The number of carbonyl (C=O) groups is 2. The number of aromatic nitrogens is 3. The number of hydrogen-bond donors (Lipinski definition) is 2. The minimum atomic E-state index is -0.489. The number of nitrogens with two attached hydrogens (primary N) is 1. The van der Waals surface area contributed by atoms with Gasteiger partial charge >= 0.3 is 0 Å². The summed E-state index contributed by atoms with van der Waals surface area (Å²) in [6, 6.07) is 1.87. The van der Waals surface area contributed by atoms with Crippen molar-refractivity contribution in [2.24, 2.45) is 11.7 Å². The number of aryl methyl sites for hydroxylation is 1. The summed E-state index contributed by atoms with van der Waals surface area (Å²) < 4.78 is 13.3. The molecule has 3 N–H and O–H groups in total. The number of carbonyl (C=O) groups excluding carboxylic acids is 2. The number of furan rings is 1. The molecule has 1 aliphatic carbocycles. The van der Waals surface area contributed by atoms with Crippen LogP contribution in [0.15, 0.2) is 21.9 Å². The van der Waals surface area contributed by atoms with E-state index in [0.717, 1.165) is 60.5 Å². The minimum absolute atomic E-state index is 0.0862. The van der Waals surface area contributed by atoms with Crippen LogP contribution < -0.4 is 11.1 Å². The first kappa shape index (κ1) is 24.1. The number of ether oxygens (including phenoxy) is 1. The highest BCUT2D eigenvalue weighted by Crippen LogP contribution is 2.39. The van der Waals surface area contributed by atoms with E-state index in [4.69, 9.17) is 14.9 Å². The van der Waals surface area contributed by atoms with E-state index in [1.807, 2.05) is 17.6 Å². The summed E-state index contributed by atoms with van der Waals surface area (Å²) in [6.07, 6.45) is 6.47. The van der Waals surface area contributed by atoms with Gasteiger partial charge in [0.2, 0.25) is 5.91 Å². The van der Waals surface area contributed by atoms with Crippen LogP contribution in [0.4, 0.5) is 5.00 Å². The van der Waals surface area contributed by atoms with Gasteiger partial charge in [-0.3, -0.25) is 14.2 Å². The third-order valence-corrected chi connectivity index (χ3v) is 8.71. The lowest BCUT2D eigenvalue weighted by atomic mass is 9.88. The SMILES string of the molecule is Cc1occc1-c1nnc(SCC(=O)Nc2sc3c(c2C(N)=O)CCC(C)C3)n1CC1CCCO1. The highest BCUT2D eigenvalue weighted by molar-refractivity contribution is 7.99. The predicted molar refractivity (Wildman–Crippen MR) is 135 cm³/mol. The summed E-state index contributed by atoms with van der Waals surface area (Å²) in [5.41, 5.74) is 8.03. The largest absolute Gasteiger partial charge is 0.469 e. The highest BCUT2D eigenvalue weighted by Gasteiger charge is 2.28. The van der Waals surface area contributed by atoms with Crippen LogP contribution in [0.2, 0.25) is 0 Å². The van der Waals surface area contributed by atoms with Crippen LogP contribution in [0, 0.1) is 12.8 Å². The Hall–Kier alpha value is -2.63. The standard InChI is InChI=1S/C24H29N5O4S2/c1-13-5-6-17-18(10-13)35-23(20(17)21(25)31)26-19(30)12-34-24-28-27-22(16-7-9-32-14(16)2)29(24)11-15-4-3-8-33-15/h7,9,13,15H,3-6,8,10-12H2,1-2H3,(H2,25,31)(H,26,30). The Morgan fingerprint density at radius 3 is 2.91 bits per heavy atom. The molecule has 3 aromatic rings. The fraction of sp³-hybridized carbons (Fsp3) is 0.500. The highest BCUT2D eigenvalue weighted by atomic mass is 32.2. The summed E-state index contributed by atoms with van der Waals surface area (Å²) in [5, 5.41) is 12.9. The molecule has 3 aromatic heterocycles. The van der Waals surface area contributed by atoms with Crippen molar-refractivity contribution in [3.05, 3.63) is 34.1 Å². The summed E-state index contributed by atoms with van der Waals surface area (Å²) in [4.78, 5) is 26.2. The van der Waals surface area contributed by atoms with Crippen LogP contribution in [0.1, 0.15) is 52.7 Å². The van der Waals surface area contributed by atoms with Gasteiger partial charge in [-0.1, -0.05) is 18.7 Å². The van der Waals surface area contributed by atoms with E-state index in [-0.39, 0.29) is 17.8 Å². The van der Waals surface area contributed by atoms with Gasteiger partial charge in [-0.2, -0.15) is 0 Å². The van der Waals surface area contributed by atoms with Gasteiger partial charge in [-0.25, -0.2) is 0 Å². The smallest absolute Gasteiger partial charge is 0.251 e. The van der Waals surface area contributed by atoms with Gasteiger partial charge in [0.05, 0.1) is 35.8 Å². The summed E-state index contributed by atoms with van der Waals surface area (Å²) in [7, 11) is 0. The second kappa shape index (κ2) is 10.2. The van der Waals surface area contributed by atoms with Crippen LogP contribution >= 0.6 is 23.1 Å². The maximum absolute atomic E-state index is 12.9. The number of rotatable bonds is 8. The van der Waals surface area contributed by atoms with E-state index < -0.39 is 5.91 Å². The molecule has 4 heterocycles. The Morgan fingerprint density at radius 2 is 2.20 bits per heavy atom. The van der Waals surface area contributed by atoms with E-state index >= 15 is 0 Å².